The maximum absolute atomic E-state index is 12.3. The number of aromatic nitrogens is 2. The Bertz CT molecular complexity index is 1340. The summed E-state index contributed by atoms with van der Waals surface area (Å²) in [5.41, 5.74) is 2.00. The fourth-order valence-corrected chi connectivity index (χ4v) is 4.63. The Hall–Kier alpha value is -4.24. The monoisotopic (exact) mass is 497 g/mol. The summed E-state index contributed by atoms with van der Waals surface area (Å²) in [6.07, 6.45) is 1.95. The predicted molar refractivity (Wildman–Crippen MR) is 143 cm³/mol. The Morgan fingerprint density at radius 3 is 2.57 bits per heavy atom. The number of hydrogen-bond acceptors (Lipinski definition) is 6. The molecule has 2 amide bonds. The molecular formula is C28H31N7O2. The molecule has 1 saturated heterocycles. The topological polar surface area (TPSA) is 119 Å². The molecule has 190 valence electrons. The molecule has 1 aromatic heterocycles. The molecule has 9 heteroatoms. The molecular weight excluding hydrogens is 466 g/mol. The van der Waals surface area contributed by atoms with Crippen molar-refractivity contribution in [3.63, 3.8) is 0 Å². The highest BCUT2D eigenvalue weighted by molar-refractivity contribution is 5.94. The highest BCUT2D eigenvalue weighted by Crippen LogP contribution is 2.20. The molecule has 1 aliphatic rings. The molecule has 4 N–H and O–H groups in total. The zero-order valence-electron chi connectivity index (χ0n) is 20.6. The Balaban J connectivity index is 1.00. The summed E-state index contributed by atoms with van der Waals surface area (Å²) >= 11 is 0. The van der Waals surface area contributed by atoms with E-state index >= 15 is 0 Å². The van der Waals surface area contributed by atoms with Gasteiger partial charge in [0.05, 0.1) is 6.54 Å². The summed E-state index contributed by atoms with van der Waals surface area (Å²) in [6, 6.07) is 23.6. The van der Waals surface area contributed by atoms with Crippen LogP contribution in [0.1, 0.15) is 24.2 Å². The van der Waals surface area contributed by atoms with Gasteiger partial charge in [0, 0.05) is 18.7 Å². The van der Waals surface area contributed by atoms with Crippen LogP contribution < -0.4 is 16.0 Å². The summed E-state index contributed by atoms with van der Waals surface area (Å²) < 4.78 is 5.41. The maximum atomic E-state index is 12.3. The van der Waals surface area contributed by atoms with Gasteiger partial charge in [-0.05, 0) is 60.3 Å². The van der Waals surface area contributed by atoms with E-state index in [4.69, 9.17) is 9.93 Å². The molecule has 0 aliphatic carbocycles. The van der Waals surface area contributed by atoms with Gasteiger partial charge in [-0.15, -0.1) is 0 Å². The molecule has 4 aromatic rings. The number of piperidine rings is 1. The minimum atomic E-state index is -0.363. The minimum absolute atomic E-state index is 0.0183. The Morgan fingerprint density at radius 1 is 0.973 bits per heavy atom. The van der Waals surface area contributed by atoms with E-state index < -0.39 is 0 Å². The zero-order chi connectivity index (χ0) is 25.5. The lowest BCUT2D eigenvalue weighted by Crippen LogP contribution is -2.47. The Kier molecular flexibility index (Phi) is 7.71. The molecule has 2 heterocycles. The average Bonchev–Trinajstić information content (AvgIpc) is 3.40. The van der Waals surface area contributed by atoms with Gasteiger partial charge in [-0.2, -0.15) is 4.98 Å². The predicted octanol–water partition coefficient (Wildman–Crippen LogP) is 4.13. The second-order valence-electron chi connectivity index (χ2n) is 9.30. The second kappa shape index (κ2) is 11.7. The van der Waals surface area contributed by atoms with Crippen molar-refractivity contribution in [1.29, 1.82) is 5.41 Å². The number of amides is 2. The smallest absolute Gasteiger partial charge is 0.321 e. The van der Waals surface area contributed by atoms with Gasteiger partial charge < -0.3 is 15.2 Å². The van der Waals surface area contributed by atoms with E-state index in [0.717, 1.165) is 47.8 Å². The number of carbonyl (C=O) groups excluding carboxylic acids is 1. The van der Waals surface area contributed by atoms with Crippen LogP contribution in [0.5, 0.6) is 0 Å². The summed E-state index contributed by atoms with van der Waals surface area (Å²) in [6.45, 7) is 3.51. The summed E-state index contributed by atoms with van der Waals surface area (Å²) in [4.78, 5) is 19.1. The molecule has 0 unspecified atom stereocenters. The number of nitrogens with one attached hydrogen (secondary N) is 4. The van der Waals surface area contributed by atoms with E-state index in [-0.39, 0.29) is 12.0 Å². The number of benzene rings is 3. The minimum Gasteiger partial charge on any atom is -0.352 e. The van der Waals surface area contributed by atoms with E-state index in [1.54, 1.807) is 0 Å². The van der Waals surface area contributed by atoms with Crippen molar-refractivity contribution in [3.8, 4) is 11.5 Å². The first-order valence-corrected chi connectivity index (χ1v) is 12.6. The van der Waals surface area contributed by atoms with Crippen molar-refractivity contribution < 1.29 is 9.32 Å². The fourth-order valence-electron chi connectivity index (χ4n) is 4.63. The lowest BCUT2D eigenvalue weighted by Gasteiger charge is -2.31. The largest absolute Gasteiger partial charge is 0.352 e. The van der Waals surface area contributed by atoms with Crippen LogP contribution >= 0.6 is 0 Å². The molecule has 37 heavy (non-hydrogen) atoms. The van der Waals surface area contributed by atoms with E-state index in [0.29, 0.717) is 37.3 Å². The lowest BCUT2D eigenvalue weighted by atomic mass is 9.97. The quantitative estimate of drug-likeness (QED) is 0.225. The first kappa shape index (κ1) is 24.5. The number of carbonyl (C=O) groups is 1. The number of hydrogen-bond donors (Lipinski definition) is 4. The third-order valence-corrected chi connectivity index (χ3v) is 6.69. The van der Waals surface area contributed by atoms with Crippen molar-refractivity contribution in [1.82, 2.24) is 31.0 Å². The lowest BCUT2D eigenvalue weighted by molar-refractivity contribution is 0.170. The Labute approximate surface area is 215 Å². The molecule has 9 nitrogen and oxygen atoms in total. The third kappa shape index (κ3) is 6.50. The molecule has 0 atom stereocenters. The summed E-state index contributed by atoms with van der Waals surface area (Å²) in [5.74, 6) is 1.60. The van der Waals surface area contributed by atoms with Crippen LogP contribution in [-0.2, 0) is 13.1 Å². The van der Waals surface area contributed by atoms with Gasteiger partial charge in [-0.3, -0.25) is 15.6 Å². The van der Waals surface area contributed by atoms with E-state index in [9.17, 15) is 4.79 Å². The van der Waals surface area contributed by atoms with Crippen molar-refractivity contribution in [3.05, 3.63) is 84.2 Å². The summed E-state index contributed by atoms with van der Waals surface area (Å²) in [5, 5.41) is 23.0. The Morgan fingerprint density at radius 2 is 1.73 bits per heavy atom. The number of likely N-dealkylation sites (tertiary alicyclic amines) is 1. The van der Waals surface area contributed by atoms with E-state index in [2.05, 4.69) is 49.2 Å². The molecule has 0 spiro atoms. The van der Waals surface area contributed by atoms with E-state index in [1.807, 2.05) is 54.6 Å². The van der Waals surface area contributed by atoms with Gasteiger partial charge in [0.2, 0.25) is 0 Å². The molecule has 3 aromatic carbocycles. The van der Waals surface area contributed by atoms with Crippen LogP contribution in [0.15, 0.2) is 77.3 Å². The van der Waals surface area contributed by atoms with Crippen LogP contribution in [-0.4, -0.2) is 46.7 Å². The van der Waals surface area contributed by atoms with Crippen molar-refractivity contribution >= 4 is 22.8 Å². The maximum Gasteiger partial charge on any atom is 0.321 e. The van der Waals surface area contributed by atoms with Gasteiger partial charge >= 0.3 is 6.03 Å². The van der Waals surface area contributed by atoms with Crippen LogP contribution in [0.25, 0.3) is 22.2 Å². The second-order valence-corrected chi connectivity index (χ2v) is 9.30. The molecule has 0 saturated carbocycles. The van der Waals surface area contributed by atoms with E-state index in [1.165, 1.54) is 0 Å². The number of guanidine groups is 1. The number of nitrogens with zero attached hydrogens (tertiary/aromatic N) is 3. The molecule has 0 radical (unpaired) electrons. The molecule has 0 bridgehead atoms. The standard InChI is InChI=1S/C28H31N7O2/c29-27(30-18-23-11-6-10-21-7-4-5-12-24(21)23)33-28(36)31-17-20-13-15-35(16-14-20)19-25-32-26(37-34-25)22-8-2-1-3-9-22/h1-12,20H,13-19H2,(H4,29,30,31,33,36). The first-order chi connectivity index (χ1) is 18.1. The normalized spacial score (nSPS) is 14.4. The molecule has 1 aliphatic heterocycles. The van der Waals surface area contributed by atoms with Crippen LogP contribution in [0.2, 0.25) is 0 Å². The fraction of sp³-hybridized carbons (Fsp3) is 0.286. The zero-order valence-corrected chi connectivity index (χ0v) is 20.6. The third-order valence-electron chi connectivity index (χ3n) is 6.69. The number of fused-ring (bicyclic) bond motifs is 1. The van der Waals surface area contributed by atoms with Gasteiger partial charge in [-0.25, -0.2) is 4.79 Å². The van der Waals surface area contributed by atoms with Gasteiger partial charge in [0.15, 0.2) is 11.8 Å². The van der Waals surface area contributed by atoms with Crippen LogP contribution in [0.3, 0.4) is 0 Å². The van der Waals surface area contributed by atoms with Gasteiger partial charge in [0.25, 0.3) is 5.89 Å². The van der Waals surface area contributed by atoms with Gasteiger partial charge in [0.1, 0.15) is 0 Å². The van der Waals surface area contributed by atoms with Gasteiger partial charge in [-0.1, -0.05) is 65.8 Å². The molecule has 1 fully saturated rings. The van der Waals surface area contributed by atoms with Crippen LogP contribution in [0, 0.1) is 11.3 Å². The highest BCUT2D eigenvalue weighted by Gasteiger charge is 2.21. The van der Waals surface area contributed by atoms with Crippen molar-refractivity contribution in [2.24, 2.45) is 5.92 Å². The number of urea groups is 1. The van der Waals surface area contributed by atoms with Crippen molar-refractivity contribution in [2.45, 2.75) is 25.9 Å². The SMILES string of the molecule is N=C(NCc1cccc2ccccc12)NC(=O)NCC1CCN(Cc2noc(-c3ccccc3)n2)CC1. The van der Waals surface area contributed by atoms with Crippen molar-refractivity contribution in [2.75, 3.05) is 19.6 Å². The highest BCUT2D eigenvalue weighted by atomic mass is 16.5. The average molecular weight is 498 g/mol. The van der Waals surface area contributed by atoms with Crippen LogP contribution in [0.4, 0.5) is 4.79 Å². The number of rotatable bonds is 7. The molecule has 5 rings (SSSR count). The summed E-state index contributed by atoms with van der Waals surface area (Å²) in [7, 11) is 0. The first-order valence-electron chi connectivity index (χ1n) is 12.6.